The molecular weight excluding hydrogens is 346 g/mol. The van der Waals surface area contributed by atoms with Crippen LogP contribution >= 0.6 is 0 Å². The zero-order valence-electron chi connectivity index (χ0n) is 15.0. The first-order valence-electron chi connectivity index (χ1n) is 9.07. The molecule has 0 saturated heterocycles. The molecule has 2 atom stereocenters. The molecular formula is C18H21N7O2. The fourth-order valence-corrected chi connectivity index (χ4v) is 3.29. The molecule has 2 fully saturated rings. The summed E-state index contributed by atoms with van der Waals surface area (Å²) in [7, 11) is 0. The van der Waals surface area contributed by atoms with Crippen molar-refractivity contribution in [3.63, 3.8) is 0 Å². The lowest BCUT2D eigenvalue weighted by molar-refractivity contribution is 0.0967. The number of hydrogen-bond acceptors (Lipinski definition) is 7. The second-order valence-electron chi connectivity index (χ2n) is 7.43. The Bertz CT molecular complexity index is 884. The van der Waals surface area contributed by atoms with Crippen molar-refractivity contribution in [3.8, 4) is 6.07 Å². The number of nitrogens with one attached hydrogen (secondary N) is 3. The molecule has 4 rings (SSSR count). The van der Waals surface area contributed by atoms with Crippen LogP contribution in [0.1, 0.15) is 56.5 Å². The highest BCUT2D eigenvalue weighted by Crippen LogP contribution is 2.37. The van der Waals surface area contributed by atoms with E-state index in [1.807, 2.05) is 19.1 Å². The number of amides is 1. The molecule has 0 spiro atoms. The van der Waals surface area contributed by atoms with Crippen LogP contribution in [0.4, 0.5) is 16.4 Å². The van der Waals surface area contributed by atoms with E-state index in [9.17, 15) is 4.79 Å². The number of H-pyrrole nitrogens is 1. The van der Waals surface area contributed by atoms with Crippen molar-refractivity contribution in [2.24, 2.45) is 0 Å². The van der Waals surface area contributed by atoms with Crippen molar-refractivity contribution < 1.29 is 9.53 Å². The Labute approximate surface area is 156 Å². The van der Waals surface area contributed by atoms with Crippen molar-refractivity contribution in [1.29, 1.82) is 5.26 Å². The average Bonchev–Trinajstić information content (AvgIpc) is 3.02. The van der Waals surface area contributed by atoms with Crippen LogP contribution in [0.15, 0.2) is 18.3 Å². The highest BCUT2D eigenvalue weighted by molar-refractivity contribution is 5.69. The Balaban J connectivity index is 1.32. The number of nitrogens with zero attached hydrogens (tertiary/aromatic N) is 4. The first-order chi connectivity index (χ1) is 13.0. The van der Waals surface area contributed by atoms with Crippen LogP contribution in [-0.2, 0) is 4.74 Å². The van der Waals surface area contributed by atoms with E-state index in [1.165, 1.54) is 6.20 Å². The van der Waals surface area contributed by atoms with Gasteiger partial charge in [0.1, 0.15) is 18.0 Å². The lowest BCUT2D eigenvalue weighted by Gasteiger charge is -2.16. The SMILES string of the molecule is CC1(NC(=O)O[C@@H]2CC[C@H](c3cc(Nc4ccnc(C#N)n4)n[nH]3)C2)CC1. The van der Waals surface area contributed by atoms with Gasteiger partial charge in [0.25, 0.3) is 0 Å². The van der Waals surface area contributed by atoms with Gasteiger partial charge in [-0.2, -0.15) is 10.4 Å². The lowest BCUT2D eigenvalue weighted by Crippen LogP contribution is -2.36. The maximum absolute atomic E-state index is 12.0. The number of rotatable bonds is 5. The quantitative estimate of drug-likeness (QED) is 0.741. The van der Waals surface area contributed by atoms with Gasteiger partial charge in [-0.3, -0.25) is 5.10 Å². The zero-order valence-corrected chi connectivity index (χ0v) is 15.0. The normalized spacial score (nSPS) is 22.7. The fraction of sp³-hybridized carbons (Fsp3) is 0.500. The minimum atomic E-state index is -0.315. The molecule has 0 aromatic carbocycles. The van der Waals surface area contributed by atoms with E-state index in [2.05, 4.69) is 30.8 Å². The van der Waals surface area contributed by atoms with Crippen LogP contribution in [0.5, 0.6) is 0 Å². The van der Waals surface area contributed by atoms with Crippen LogP contribution in [0.25, 0.3) is 0 Å². The van der Waals surface area contributed by atoms with Crippen molar-refractivity contribution in [3.05, 3.63) is 29.8 Å². The maximum atomic E-state index is 12.0. The number of hydrogen-bond donors (Lipinski definition) is 3. The van der Waals surface area contributed by atoms with Gasteiger partial charge >= 0.3 is 6.09 Å². The molecule has 9 heteroatoms. The second kappa shape index (κ2) is 6.87. The second-order valence-corrected chi connectivity index (χ2v) is 7.43. The van der Waals surface area contributed by atoms with Crippen molar-refractivity contribution in [1.82, 2.24) is 25.5 Å². The molecule has 2 aliphatic rings. The Kier molecular flexibility index (Phi) is 4.39. The molecule has 0 aliphatic heterocycles. The summed E-state index contributed by atoms with van der Waals surface area (Å²) >= 11 is 0. The summed E-state index contributed by atoms with van der Waals surface area (Å²) in [4.78, 5) is 19.9. The van der Waals surface area contributed by atoms with Crippen LogP contribution in [0.3, 0.4) is 0 Å². The number of carbonyl (C=O) groups is 1. The predicted molar refractivity (Wildman–Crippen MR) is 96.3 cm³/mol. The van der Waals surface area contributed by atoms with E-state index >= 15 is 0 Å². The summed E-state index contributed by atoms with van der Waals surface area (Å²) < 4.78 is 5.56. The topological polar surface area (TPSA) is 129 Å². The molecule has 9 nitrogen and oxygen atoms in total. The zero-order chi connectivity index (χ0) is 18.9. The van der Waals surface area contributed by atoms with Gasteiger partial charge in [0.05, 0.1) is 0 Å². The monoisotopic (exact) mass is 367 g/mol. The minimum absolute atomic E-state index is 0.0640. The van der Waals surface area contributed by atoms with Gasteiger partial charge in [-0.25, -0.2) is 14.8 Å². The first-order valence-corrected chi connectivity index (χ1v) is 9.07. The van der Waals surface area contributed by atoms with Gasteiger partial charge in [-0.1, -0.05) is 0 Å². The Morgan fingerprint density at radius 3 is 3.04 bits per heavy atom. The number of nitriles is 1. The molecule has 0 bridgehead atoms. The van der Waals surface area contributed by atoms with Gasteiger partial charge in [-0.15, -0.1) is 0 Å². The van der Waals surface area contributed by atoms with Gasteiger partial charge < -0.3 is 15.4 Å². The molecule has 2 aromatic rings. The maximum Gasteiger partial charge on any atom is 0.407 e. The Hall–Kier alpha value is -3.15. The number of alkyl carbamates (subject to hydrolysis) is 1. The molecule has 2 aliphatic carbocycles. The smallest absolute Gasteiger partial charge is 0.407 e. The number of aromatic nitrogens is 4. The summed E-state index contributed by atoms with van der Waals surface area (Å²) in [6.07, 6.45) is 5.72. The third-order valence-electron chi connectivity index (χ3n) is 5.11. The molecule has 140 valence electrons. The van der Waals surface area contributed by atoms with E-state index < -0.39 is 0 Å². The van der Waals surface area contributed by atoms with Gasteiger partial charge in [-0.05, 0) is 45.1 Å². The van der Waals surface area contributed by atoms with E-state index in [-0.39, 0.29) is 29.5 Å². The van der Waals surface area contributed by atoms with Crippen LogP contribution in [-0.4, -0.2) is 37.9 Å². The van der Waals surface area contributed by atoms with Crippen LogP contribution in [0, 0.1) is 11.3 Å². The molecule has 1 amide bonds. The highest BCUT2D eigenvalue weighted by atomic mass is 16.6. The Morgan fingerprint density at radius 1 is 1.41 bits per heavy atom. The van der Waals surface area contributed by atoms with Gasteiger partial charge in [0.15, 0.2) is 5.82 Å². The molecule has 2 saturated carbocycles. The fourth-order valence-electron chi connectivity index (χ4n) is 3.29. The third-order valence-corrected chi connectivity index (χ3v) is 5.11. The minimum Gasteiger partial charge on any atom is -0.446 e. The van der Waals surface area contributed by atoms with E-state index in [1.54, 1.807) is 6.07 Å². The van der Waals surface area contributed by atoms with Crippen LogP contribution in [0.2, 0.25) is 0 Å². The summed E-state index contributed by atoms with van der Waals surface area (Å²) in [6.45, 7) is 2.03. The van der Waals surface area contributed by atoms with E-state index in [0.29, 0.717) is 11.6 Å². The van der Waals surface area contributed by atoms with Crippen molar-refractivity contribution in [2.75, 3.05) is 5.32 Å². The van der Waals surface area contributed by atoms with Crippen molar-refractivity contribution >= 4 is 17.7 Å². The lowest BCUT2D eigenvalue weighted by atomic mass is 10.0. The van der Waals surface area contributed by atoms with Crippen molar-refractivity contribution in [2.45, 2.75) is 56.6 Å². The first kappa shape index (κ1) is 17.3. The largest absolute Gasteiger partial charge is 0.446 e. The van der Waals surface area contributed by atoms with Crippen LogP contribution < -0.4 is 10.6 Å². The summed E-state index contributed by atoms with van der Waals surface area (Å²) in [5.74, 6) is 1.50. The standard InChI is InChI=1S/C18H21N7O2/c1-18(5-6-18)23-17(26)27-12-3-2-11(8-12)13-9-15(25-24-13)21-14-4-7-20-16(10-19)22-14/h4,7,9,11-12H,2-3,5-6,8H2,1H3,(H,23,26)(H2,20,21,22,24,25)/t11-,12+/m0/s1. The number of carbonyl (C=O) groups excluding carboxylic acids is 1. The van der Waals surface area contributed by atoms with E-state index in [0.717, 1.165) is 37.8 Å². The number of ether oxygens (including phenoxy) is 1. The summed E-state index contributed by atoms with van der Waals surface area (Å²) in [6, 6.07) is 5.50. The molecule has 2 heterocycles. The average molecular weight is 367 g/mol. The molecule has 0 unspecified atom stereocenters. The van der Waals surface area contributed by atoms with E-state index in [4.69, 9.17) is 10.00 Å². The van der Waals surface area contributed by atoms with Gasteiger partial charge in [0, 0.05) is 29.4 Å². The molecule has 0 radical (unpaired) electrons. The highest BCUT2D eigenvalue weighted by Gasteiger charge is 2.40. The summed E-state index contributed by atoms with van der Waals surface area (Å²) in [5, 5.41) is 22.1. The molecule has 2 aromatic heterocycles. The number of aromatic amines is 1. The van der Waals surface area contributed by atoms with Gasteiger partial charge in [0.2, 0.25) is 5.82 Å². The molecule has 3 N–H and O–H groups in total. The Morgan fingerprint density at radius 2 is 2.26 bits per heavy atom. The molecule has 27 heavy (non-hydrogen) atoms. The number of anilines is 2. The third kappa shape index (κ3) is 4.16. The summed E-state index contributed by atoms with van der Waals surface area (Å²) in [5.41, 5.74) is 0.929. The predicted octanol–water partition coefficient (Wildman–Crippen LogP) is 2.73.